The van der Waals surface area contributed by atoms with Crippen LogP contribution in [0.5, 0.6) is 5.75 Å². The minimum absolute atomic E-state index is 0.737. The number of aryl methyl sites for hydroxylation is 1. The standard InChI is InChI=1S/C19H21N7O/c1-24(9-8-14-11-21-25(2)12-14)18-10-17(23-26-13-20-22-19(18)26)15-4-6-16(27-3)7-5-15/h4-7,10-13H,8-9H2,1-3H3. The van der Waals surface area contributed by atoms with Crippen molar-refractivity contribution in [3.8, 4) is 17.0 Å². The molecule has 0 saturated heterocycles. The first-order valence-corrected chi connectivity index (χ1v) is 8.68. The van der Waals surface area contributed by atoms with E-state index in [9.17, 15) is 0 Å². The summed E-state index contributed by atoms with van der Waals surface area (Å²) in [6, 6.07) is 9.90. The molecule has 3 heterocycles. The fourth-order valence-electron chi connectivity index (χ4n) is 3.01. The van der Waals surface area contributed by atoms with E-state index in [-0.39, 0.29) is 0 Å². The van der Waals surface area contributed by atoms with Crippen LogP contribution in [-0.4, -0.2) is 50.3 Å². The van der Waals surface area contributed by atoms with E-state index < -0.39 is 0 Å². The summed E-state index contributed by atoms with van der Waals surface area (Å²) in [7, 11) is 5.64. The van der Waals surface area contributed by atoms with Crippen LogP contribution in [0.15, 0.2) is 49.1 Å². The Kier molecular flexibility index (Phi) is 4.45. The van der Waals surface area contributed by atoms with Gasteiger partial charge in [0, 0.05) is 32.4 Å². The predicted octanol–water partition coefficient (Wildman–Crippen LogP) is 2.21. The highest BCUT2D eigenvalue weighted by atomic mass is 16.5. The highest BCUT2D eigenvalue weighted by molar-refractivity contribution is 5.74. The molecule has 0 unspecified atom stereocenters. The van der Waals surface area contributed by atoms with Gasteiger partial charge in [-0.2, -0.15) is 14.7 Å². The Labute approximate surface area is 157 Å². The van der Waals surface area contributed by atoms with Gasteiger partial charge in [0.25, 0.3) is 0 Å². The van der Waals surface area contributed by atoms with Crippen molar-refractivity contribution < 1.29 is 4.74 Å². The Morgan fingerprint density at radius 1 is 1.19 bits per heavy atom. The third kappa shape index (κ3) is 3.46. The summed E-state index contributed by atoms with van der Waals surface area (Å²) in [6.07, 6.45) is 6.46. The number of hydrogen-bond donors (Lipinski definition) is 0. The first kappa shape index (κ1) is 17.0. The topological polar surface area (TPSA) is 73.4 Å². The first-order valence-electron chi connectivity index (χ1n) is 8.68. The summed E-state index contributed by atoms with van der Waals surface area (Å²) in [5, 5.41) is 17.1. The predicted molar refractivity (Wildman–Crippen MR) is 103 cm³/mol. The highest BCUT2D eigenvalue weighted by Crippen LogP contribution is 2.26. The first-order chi connectivity index (χ1) is 13.1. The second-order valence-corrected chi connectivity index (χ2v) is 6.44. The van der Waals surface area contributed by atoms with Gasteiger partial charge in [0.1, 0.15) is 12.1 Å². The average molecular weight is 363 g/mol. The number of rotatable bonds is 6. The summed E-state index contributed by atoms with van der Waals surface area (Å²) in [6.45, 7) is 0.834. The van der Waals surface area contributed by atoms with E-state index in [1.807, 2.05) is 48.4 Å². The summed E-state index contributed by atoms with van der Waals surface area (Å²) in [5.41, 5.74) is 4.78. The molecule has 0 aliphatic heterocycles. The molecule has 8 heteroatoms. The number of hydrogen-bond acceptors (Lipinski definition) is 6. The quantitative estimate of drug-likeness (QED) is 0.523. The van der Waals surface area contributed by atoms with Crippen molar-refractivity contribution in [2.75, 3.05) is 25.6 Å². The molecule has 4 aromatic rings. The molecular weight excluding hydrogens is 342 g/mol. The van der Waals surface area contributed by atoms with Gasteiger partial charge in [0.05, 0.1) is 24.7 Å². The van der Waals surface area contributed by atoms with Crippen molar-refractivity contribution >= 4 is 11.3 Å². The van der Waals surface area contributed by atoms with Crippen LogP contribution in [0.25, 0.3) is 16.9 Å². The third-order valence-corrected chi connectivity index (χ3v) is 4.54. The molecule has 4 rings (SSSR count). The van der Waals surface area contributed by atoms with Crippen molar-refractivity contribution in [2.24, 2.45) is 7.05 Å². The van der Waals surface area contributed by atoms with Crippen LogP contribution < -0.4 is 9.64 Å². The van der Waals surface area contributed by atoms with Gasteiger partial charge in [-0.1, -0.05) is 0 Å². The smallest absolute Gasteiger partial charge is 0.200 e. The fraction of sp³-hybridized carbons (Fsp3) is 0.263. The van der Waals surface area contributed by atoms with E-state index in [0.29, 0.717) is 0 Å². The van der Waals surface area contributed by atoms with Crippen molar-refractivity contribution in [3.63, 3.8) is 0 Å². The van der Waals surface area contributed by atoms with Gasteiger partial charge in [-0.25, -0.2) is 0 Å². The molecule has 0 N–H and O–H groups in total. The lowest BCUT2D eigenvalue weighted by atomic mass is 10.1. The molecule has 27 heavy (non-hydrogen) atoms. The monoisotopic (exact) mass is 363 g/mol. The second-order valence-electron chi connectivity index (χ2n) is 6.44. The molecule has 0 saturated carbocycles. The zero-order valence-corrected chi connectivity index (χ0v) is 15.6. The molecule has 0 aliphatic carbocycles. The minimum Gasteiger partial charge on any atom is -0.497 e. The number of benzene rings is 1. The summed E-state index contributed by atoms with van der Waals surface area (Å²) >= 11 is 0. The number of aromatic nitrogens is 6. The Hall–Kier alpha value is -3.42. The molecule has 0 amide bonds. The SMILES string of the molecule is COc1ccc(-c2cc(N(C)CCc3cnn(C)c3)c3nncn3n2)cc1. The van der Waals surface area contributed by atoms with Gasteiger partial charge in [0.2, 0.25) is 5.65 Å². The molecule has 0 atom stereocenters. The lowest BCUT2D eigenvalue weighted by Gasteiger charge is -2.20. The zero-order chi connectivity index (χ0) is 18.8. The van der Waals surface area contributed by atoms with Gasteiger partial charge in [-0.3, -0.25) is 4.68 Å². The number of likely N-dealkylation sites (N-methyl/N-ethyl adjacent to an activating group) is 1. The van der Waals surface area contributed by atoms with Crippen LogP contribution in [0.3, 0.4) is 0 Å². The molecule has 8 nitrogen and oxygen atoms in total. The lowest BCUT2D eigenvalue weighted by Crippen LogP contribution is -2.21. The van der Waals surface area contributed by atoms with E-state index in [4.69, 9.17) is 4.74 Å². The van der Waals surface area contributed by atoms with Gasteiger partial charge in [-0.05, 0) is 42.3 Å². The number of methoxy groups -OCH3 is 1. The van der Waals surface area contributed by atoms with Gasteiger partial charge in [-0.15, -0.1) is 10.2 Å². The van der Waals surface area contributed by atoms with Crippen LogP contribution in [-0.2, 0) is 13.5 Å². The van der Waals surface area contributed by atoms with Crippen molar-refractivity contribution in [2.45, 2.75) is 6.42 Å². The molecule has 3 aromatic heterocycles. The maximum atomic E-state index is 5.24. The Morgan fingerprint density at radius 2 is 2.00 bits per heavy atom. The van der Waals surface area contributed by atoms with Crippen molar-refractivity contribution in [1.29, 1.82) is 0 Å². The van der Waals surface area contributed by atoms with Crippen LogP contribution in [0.4, 0.5) is 5.69 Å². The molecule has 0 aliphatic rings. The van der Waals surface area contributed by atoms with E-state index in [0.717, 1.165) is 41.3 Å². The van der Waals surface area contributed by atoms with Crippen LogP contribution in [0, 0.1) is 0 Å². The van der Waals surface area contributed by atoms with E-state index in [1.165, 1.54) is 5.56 Å². The van der Waals surface area contributed by atoms with Crippen LogP contribution in [0.1, 0.15) is 5.56 Å². The normalized spacial score (nSPS) is 11.1. The average Bonchev–Trinajstić information content (AvgIpc) is 3.34. The maximum absolute atomic E-state index is 5.24. The molecule has 0 fully saturated rings. The number of nitrogens with zero attached hydrogens (tertiary/aromatic N) is 7. The van der Waals surface area contributed by atoms with Crippen molar-refractivity contribution in [3.05, 3.63) is 54.6 Å². The molecule has 0 spiro atoms. The summed E-state index contributed by atoms with van der Waals surface area (Å²) in [4.78, 5) is 2.17. The highest BCUT2D eigenvalue weighted by Gasteiger charge is 2.13. The minimum atomic E-state index is 0.737. The second kappa shape index (κ2) is 7.06. The fourth-order valence-corrected chi connectivity index (χ4v) is 3.01. The molecule has 0 radical (unpaired) electrons. The molecule has 0 bridgehead atoms. The van der Waals surface area contributed by atoms with Gasteiger partial charge in [0.15, 0.2) is 0 Å². The third-order valence-electron chi connectivity index (χ3n) is 4.54. The molecule has 138 valence electrons. The molecular formula is C19H21N7O. The number of anilines is 1. The van der Waals surface area contributed by atoms with E-state index >= 15 is 0 Å². The number of fused-ring (bicyclic) bond motifs is 1. The zero-order valence-electron chi connectivity index (χ0n) is 15.6. The Balaban J connectivity index is 1.65. The van der Waals surface area contributed by atoms with Gasteiger partial charge < -0.3 is 9.64 Å². The summed E-state index contributed by atoms with van der Waals surface area (Å²) in [5.74, 6) is 0.818. The Bertz CT molecular complexity index is 1050. The van der Waals surface area contributed by atoms with E-state index in [2.05, 4.69) is 38.4 Å². The van der Waals surface area contributed by atoms with Gasteiger partial charge >= 0.3 is 0 Å². The van der Waals surface area contributed by atoms with Crippen LogP contribution >= 0.6 is 0 Å². The number of ether oxygens (including phenoxy) is 1. The Morgan fingerprint density at radius 3 is 2.70 bits per heavy atom. The maximum Gasteiger partial charge on any atom is 0.200 e. The largest absolute Gasteiger partial charge is 0.497 e. The van der Waals surface area contributed by atoms with Crippen molar-refractivity contribution in [1.82, 2.24) is 29.6 Å². The van der Waals surface area contributed by atoms with E-state index in [1.54, 1.807) is 18.0 Å². The molecule has 1 aromatic carbocycles. The summed E-state index contributed by atoms with van der Waals surface area (Å²) < 4.78 is 8.78. The van der Waals surface area contributed by atoms with Crippen LogP contribution in [0.2, 0.25) is 0 Å². The lowest BCUT2D eigenvalue weighted by molar-refractivity contribution is 0.415.